The van der Waals surface area contributed by atoms with Crippen LogP contribution in [0.2, 0.25) is 0 Å². The van der Waals surface area contributed by atoms with Gasteiger partial charge in [-0.3, -0.25) is 0 Å². The van der Waals surface area contributed by atoms with E-state index in [1.165, 1.54) is 12.1 Å². The summed E-state index contributed by atoms with van der Waals surface area (Å²) in [4.78, 5) is 6.79. The van der Waals surface area contributed by atoms with Gasteiger partial charge in [-0.2, -0.15) is 0 Å². The minimum Gasteiger partial charge on any atom is -0.342 e. The number of halogens is 3. The minimum atomic E-state index is -0.904. The molecule has 0 amide bonds. The molecule has 0 saturated carbocycles. The Morgan fingerprint density at radius 3 is 2.60 bits per heavy atom. The van der Waals surface area contributed by atoms with Crippen molar-refractivity contribution >= 4 is 15.9 Å². The monoisotopic (exact) mass is 272 g/mol. The molecule has 0 radical (unpaired) electrons. The number of hydrogen-bond acceptors (Lipinski definition) is 1. The third kappa shape index (κ3) is 1.79. The van der Waals surface area contributed by atoms with Crippen LogP contribution in [0, 0.1) is 18.6 Å². The quantitative estimate of drug-likeness (QED) is 0.792. The van der Waals surface area contributed by atoms with E-state index in [-0.39, 0.29) is 10.0 Å². The number of hydrogen-bond donors (Lipinski definition) is 1. The highest BCUT2D eigenvalue weighted by atomic mass is 79.9. The van der Waals surface area contributed by atoms with Crippen LogP contribution < -0.4 is 0 Å². The molecule has 15 heavy (non-hydrogen) atoms. The molecule has 2 nitrogen and oxygen atoms in total. The van der Waals surface area contributed by atoms with Gasteiger partial charge in [-0.15, -0.1) is 0 Å². The van der Waals surface area contributed by atoms with E-state index in [1.807, 2.05) is 0 Å². The SMILES string of the molecule is Cc1cnc(-c2ccc(Br)c(F)c2F)[nH]1. The highest BCUT2D eigenvalue weighted by Crippen LogP contribution is 2.26. The van der Waals surface area contributed by atoms with Crippen molar-refractivity contribution in [1.82, 2.24) is 9.97 Å². The molecule has 0 unspecified atom stereocenters. The minimum absolute atomic E-state index is 0.104. The molecule has 1 N–H and O–H groups in total. The Kier molecular flexibility index (Phi) is 2.56. The van der Waals surface area contributed by atoms with E-state index in [0.29, 0.717) is 5.82 Å². The second kappa shape index (κ2) is 3.73. The van der Waals surface area contributed by atoms with Gasteiger partial charge in [0.05, 0.1) is 10.0 Å². The van der Waals surface area contributed by atoms with E-state index < -0.39 is 11.6 Å². The Morgan fingerprint density at radius 2 is 2.00 bits per heavy atom. The number of rotatable bonds is 1. The first-order chi connectivity index (χ1) is 7.09. The number of H-pyrrole nitrogens is 1. The Bertz CT molecular complexity index is 508. The highest BCUT2D eigenvalue weighted by molar-refractivity contribution is 9.10. The Morgan fingerprint density at radius 1 is 1.27 bits per heavy atom. The molecule has 0 fully saturated rings. The van der Waals surface area contributed by atoms with Crippen molar-refractivity contribution in [1.29, 1.82) is 0 Å². The molecular weight excluding hydrogens is 266 g/mol. The standard InChI is InChI=1S/C10H7BrF2N2/c1-5-4-14-10(15-5)6-2-3-7(11)9(13)8(6)12/h2-4H,1H3,(H,14,15). The molecule has 0 spiro atoms. The fraction of sp³-hybridized carbons (Fsp3) is 0.100. The lowest BCUT2D eigenvalue weighted by atomic mass is 10.2. The second-order valence-electron chi connectivity index (χ2n) is 3.14. The molecule has 0 bridgehead atoms. The molecule has 1 aromatic carbocycles. The predicted octanol–water partition coefficient (Wildman–Crippen LogP) is 3.43. The van der Waals surface area contributed by atoms with Gasteiger partial charge in [0, 0.05) is 11.9 Å². The molecule has 0 atom stereocenters. The molecule has 0 aliphatic carbocycles. The van der Waals surface area contributed by atoms with Crippen LogP contribution >= 0.6 is 15.9 Å². The zero-order valence-electron chi connectivity index (χ0n) is 7.81. The molecule has 0 aliphatic rings. The summed E-state index contributed by atoms with van der Waals surface area (Å²) in [7, 11) is 0. The van der Waals surface area contributed by atoms with Crippen molar-refractivity contribution in [2.75, 3.05) is 0 Å². The number of aryl methyl sites for hydroxylation is 1. The van der Waals surface area contributed by atoms with Crippen LogP contribution in [0.5, 0.6) is 0 Å². The molecule has 2 aromatic rings. The van der Waals surface area contributed by atoms with Crippen molar-refractivity contribution in [3.63, 3.8) is 0 Å². The topological polar surface area (TPSA) is 28.7 Å². The van der Waals surface area contributed by atoms with Crippen LogP contribution in [0.15, 0.2) is 22.8 Å². The molecule has 0 saturated heterocycles. The first-order valence-corrected chi connectivity index (χ1v) is 5.04. The van der Waals surface area contributed by atoms with E-state index in [0.717, 1.165) is 5.69 Å². The van der Waals surface area contributed by atoms with Crippen molar-refractivity contribution in [3.05, 3.63) is 40.1 Å². The van der Waals surface area contributed by atoms with Gasteiger partial charge in [-0.1, -0.05) is 0 Å². The van der Waals surface area contributed by atoms with Gasteiger partial charge in [0.25, 0.3) is 0 Å². The highest BCUT2D eigenvalue weighted by Gasteiger charge is 2.14. The van der Waals surface area contributed by atoms with E-state index in [9.17, 15) is 8.78 Å². The number of aromatic nitrogens is 2. The van der Waals surface area contributed by atoms with E-state index in [4.69, 9.17) is 0 Å². The molecule has 1 aromatic heterocycles. The Hall–Kier alpha value is -1.23. The summed E-state index contributed by atoms with van der Waals surface area (Å²) in [5.41, 5.74) is 0.927. The van der Waals surface area contributed by atoms with E-state index in [2.05, 4.69) is 25.9 Å². The fourth-order valence-electron chi connectivity index (χ4n) is 1.26. The molecule has 78 valence electrons. The number of imidazole rings is 1. The van der Waals surface area contributed by atoms with Crippen LogP contribution in [0.25, 0.3) is 11.4 Å². The van der Waals surface area contributed by atoms with Crippen molar-refractivity contribution < 1.29 is 8.78 Å². The summed E-state index contributed by atoms with van der Waals surface area (Å²) in [5, 5.41) is 0. The fourth-order valence-corrected chi connectivity index (χ4v) is 1.56. The maximum atomic E-state index is 13.5. The van der Waals surface area contributed by atoms with Gasteiger partial charge in [0.15, 0.2) is 11.6 Å². The summed E-state index contributed by atoms with van der Waals surface area (Å²) >= 11 is 2.91. The van der Waals surface area contributed by atoms with Gasteiger partial charge >= 0.3 is 0 Å². The van der Waals surface area contributed by atoms with Crippen LogP contribution in [0.1, 0.15) is 5.69 Å². The van der Waals surface area contributed by atoms with Crippen LogP contribution in [0.3, 0.4) is 0 Å². The largest absolute Gasteiger partial charge is 0.342 e. The smallest absolute Gasteiger partial charge is 0.173 e. The maximum Gasteiger partial charge on any atom is 0.173 e. The lowest BCUT2D eigenvalue weighted by Crippen LogP contribution is -1.92. The van der Waals surface area contributed by atoms with E-state index >= 15 is 0 Å². The van der Waals surface area contributed by atoms with Crippen molar-refractivity contribution in [3.8, 4) is 11.4 Å². The van der Waals surface area contributed by atoms with Crippen molar-refractivity contribution in [2.45, 2.75) is 6.92 Å². The maximum absolute atomic E-state index is 13.5. The van der Waals surface area contributed by atoms with Crippen molar-refractivity contribution in [2.24, 2.45) is 0 Å². The Balaban J connectivity index is 2.59. The summed E-state index contributed by atoms with van der Waals surface area (Å²) in [6.07, 6.45) is 1.56. The van der Waals surface area contributed by atoms with Gasteiger partial charge in [0.2, 0.25) is 0 Å². The molecule has 5 heteroatoms. The third-order valence-electron chi connectivity index (χ3n) is 1.99. The summed E-state index contributed by atoms with van der Waals surface area (Å²) in [6.45, 7) is 1.80. The average molecular weight is 273 g/mol. The van der Waals surface area contributed by atoms with Gasteiger partial charge in [-0.25, -0.2) is 13.8 Å². The van der Waals surface area contributed by atoms with E-state index in [1.54, 1.807) is 13.1 Å². The summed E-state index contributed by atoms with van der Waals surface area (Å²) in [6, 6.07) is 2.92. The van der Waals surface area contributed by atoms with Gasteiger partial charge in [-0.05, 0) is 35.0 Å². The lowest BCUT2D eigenvalue weighted by molar-refractivity contribution is 0.506. The molecule has 0 aliphatic heterocycles. The zero-order valence-corrected chi connectivity index (χ0v) is 9.40. The number of aromatic amines is 1. The van der Waals surface area contributed by atoms with Crippen LogP contribution in [0.4, 0.5) is 8.78 Å². The van der Waals surface area contributed by atoms with Gasteiger partial charge < -0.3 is 4.98 Å². The zero-order chi connectivity index (χ0) is 11.0. The summed E-state index contributed by atoms with van der Waals surface area (Å²) < 4.78 is 26.8. The number of benzene rings is 1. The van der Waals surface area contributed by atoms with Crippen LogP contribution in [-0.2, 0) is 0 Å². The number of nitrogens with zero attached hydrogens (tertiary/aromatic N) is 1. The number of nitrogens with one attached hydrogen (secondary N) is 1. The lowest BCUT2D eigenvalue weighted by Gasteiger charge is -2.02. The molecule has 1 heterocycles. The first kappa shape index (κ1) is 10.3. The third-order valence-corrected chi connectivity index (χ3v) is 2.61. The molecular formula is C10H7BrF2N2. The predicted molar refractivity (Wildman–Crippen MR) is 56.4 cm³/mol. The van der Waals surface area contributed by atoms with Gasteiger partial charge in [0.1, 0.15) is 5.82 Å². The summed E-state index contributed by atoms with van der Waals surface area (Å²) in [5.74, 6) is -1.48. The second-order valence-corrected chi connectivity index (χ2v) is 3.99. The average Bonchev–Trinajstić information content (AvgIpc) is 2.61. The Labute approximate surface area is 93.5 Å². The normalized spacial score (nSPS) is 10.7. The van der Waals surface area contributed by atoms with Crippen LogP contribution in [-0.4, -0.2) is 9.97 Å². The first-order valence-electron chi connectivity index (χ1n) is 4.25. The molecule has 2 rings (SSSR count).